The van der Waals surface area contributed by atoms with E-state index in [1.165, 1.54) is 0 Å². The molecule has 21 heavy (non-hydrogen) atoms. The maximum absolute atomic E-state index is 10.6. The first-order chi connectivity index (χ1) is 10.2. The van der Waals surface area contributed by atoms with Gasteiger partial charge < -0.3 is 9.84 Å². The molecular weight excluding hydrogens is 284 g/mol. The summed E-state index contributed by atoms with van der Waals surface area (Å²) >= 11 is 5.90. The van der Waals surface area contributed by atoms with Crippen molar-refractivity contribution in [3.63, 3.8) is 0 Å². The fourth-order valence-corrected chi connectivity index (χ4v) is 2.86. The number of hydrogen-bond acceptors (Lipinski definition) is 2. The second-order valence-electron chi connectivity index (χ2n) is 5.24. The van der Waals surface area contributed by atoms with Crippen LogP contribution in [0, 0.1) is 0 Å². The van der Waals surface area contributed by atoms with E-state index in [1.807, 2.05) is 48.5 Å². The largest absolute Gasteiger partial charge is 0.497 e. The summed E-state index contributed by atoms with van der Waals surface area (Å²) in [6, 6.07) is 13.5. The summed E-state index contributed by atoms with van der Waals surface area (Å²) in [5.41, 5.74) is 4.23. The van der Waals surface area contributed by atoms with Gasteiger partial charge in [0.1, 0.15) is 11.9 Å². The second kappa shape index (κ2) is 5.92. The van der Waals surface area contributed by atoms with Crippen LogP contribution in [-0.4, -0.2) is 12.2 Å². The molecule has 108 valence electrons. The number of aliphatic hydroxyl groups excluding tert-OH is 1. The average molecular weight is 301 g/mol. The van der Waals surface area contributed by atoms with Crippen molar-refractivity contribution in [2.45, 2.75) is 18.9 Å². The van der Waals surface area contributed by atoms with Crippen LogP contribution in [0.25, 0.3) is 6.08 Å². The van der Waals surface area contributed by atoms with E-state index in [4.69, 9.17) is 16.3 Å². The molecule has 0 aromatic heterocycles. The lowest BCUT2D eigenvalue weighted by molar-refractivity contribution is 0.206. The molecule has 3 rings (SSSR count). The highest BCUT2D eigenvalue weighted by Crippen LogP contribution is 2.36. The SMILES string of the molecule is COc1ccc2c(c1)CC/C(=C/c1ccc(Cl)cc1)C2O. The van der Waals surface area contributed by atoms with Crippen LogP contribution in [-0.2, 0) is 6.42 Å². The molecule has 0 saturated heterocycles. The summed E-state index contributed by atoms with van der Waals surface area (Å²) in [6.07, 6.45) is 3.27. The van der Waals surface area contributed by atoms with Crippen LogP contribution in [0.1, 0.15) is 29.2 Å². The average Bonchev–Trinajstić information content (AvgIpc) is 2.52. The third-order valence-electron chi connectivity index (χ3n) is 3.90. The molecule has 2 aromatic rings. The van der Waals surface area contributed by atoms with Crippen LogP contribution in [0.5, 0.6) is 5.75 Å². The number of methoxy groups -OCH3 is 1. The zero-order chi connectivity index (χ0) is 14.8. The molecule has 3 heteroatoms. The first-order valence-corrected chi connectivity index (χ1v) is 7.36. The summed E-state index contributed by atoms with van der Waals surface area (Å²) < 4.78 is 5.24. The Hall–Kier alpha value is -1.77. The van der Waals surface area contributed by atoms with Crippen molar-refractivity contribution < 1.29 is 9.84 Å². The standard InChI is InChI=1S/C18H17ClO2/c1-21-16-8-9-17-13(11-16)4-5-14(18(17)20)10-12-2-6-15(19)7-3-12/h2-3,6-11,18,20H,4-5H2,1H3/b14-10-. The predicted molar refractivity (Wildman–Crippen MR) is 85.7 cm³/mol. The quantitative estimate of drug-likeness (QED) is 0.890. The van der Waals surface area contributed by atoms with E-state index < -0.39 is 6.10 Å². The monoisotopic (exact) mass is 300 g/mol. The van der Waals surface area contributed by atoms with Crippen LogP contribution in [0.4, 0.5) is 0 Å². The molecule has 0 saturated carbocycles. The van der Waals surface area contributed by atoms with Gasteiger partial charge in [0.05, 0.1) is 7.11 Å². The zero-order valence-corrected chi connectivity index (χ0v) is 12.6. The van der Waals surface area contributed by atoms with E-state index in [-0.39, 0.29) is 0 Å². The summed E-state index contributed by atoms with van der Waals surface area (Å²) in [6.45, 7) is 0. The number of aliphatic hydroxyl groups is 1. The highest BCUT2D eigenvalue weighted by molar-refractivity contribution is 6.30. The van der Waals surface area contributed by atoms with Gasteiger partial charge in [0.2, 0.25) is 0 Å². The van der Waals surface area contributed by atoms with Crippen molar-refractivity contribution >= 4 is 17.7 Å². The molecule has 0 heterocycles. The van der Waals surface area contributed by atoms with Gasteiger partial charge in [-0.2, -0.15) is 0 Å². The van der Waals surface area contributed by atoms with E-state index in [1.54, 1.807) is 7.11 Å². The Bertz CT molecular complexity index is 674. The number of fused-ring (bicyclic) bond motifs is 1. The fraction of sp³-hybridized carbons (Fsp3) is 0.222. The molecule has 0 spiro atoms. The van der Waals surface area contributed by atoms with Crippen LogP contribution in [0.15, 0.2) is 48.0 Å². The Morgan fingerprint density at radius 1 is 1.14 bits per heavy atom. The maximum Gasteiger partial charge on any atom is 0.119 e. The van der Waals surface area contributed by atoms with Gasteiger partial charge in [0.15, 0.2) is 0 Å². The minimum Gasteiger partial charge on any atom is -0.497 e. The van der Waals surface area contributed by atoms with Gasteiger partial charge >= 0.3 is 0 Å². The molecule has 0 fully saturated rings. The Morgan fingerprint density at radius 2 is 1.90 bits per heavy atom. The summed E-state index contributed by atoms with van der Waals surface area (Å²) in [7, 11) is 1.66. The lowest BCUT2D eigenvalue weighted by atomic mass is 9.84. The Balaban J connectivity index is 1.91. The van der Waals surface area contributed by atoms with Crippen molar-refractivity contribution in [1.29, 1.82) is 0 Å². The number of benzene rings is 2. The highest BCUT2D eigenvalue weighted by atomic mass is 35.5. The van der Waals surface area contributed by atoms with Gasteiger partial charge in [0.25, 0.3) is 0 Å². The van der Waals surface area contributed by atoms with Gasteiger partial charge in [-0.25, -0.2) is 0 Å². The fourth-order valence-electron chi connectivity index (χ4n) is 2.73. The number of ether oxygens (including phenoxy) is 1. The van der Waals surface area contributed by atoms with Gasteiger partial charge in [0, 0.05) is 5.02 Å². The maximum atomic E-state index is 10.6. The molecule has 0 radical (unpaired) electrons. The highest BCUT2D eigenvalue weighted by Gasteiger charge is 2.22. The van der Waals surface area contributed by atoms with Crippen molar-refractivity contribution in [3.05, 3.63) is 69.8 Å². The molecule has 2 aromatic carbocycles. The molecule has 0 amide bonds. The summed E-state index contributed by atoms with van der Waals surface area (Å²) in [4.78, 5) is 0. The number of rotatable bonds is 2. The Labute approximate surface area is 129 Å². The van der Waals surface area contributed by atoms with Crippen molar-refractivity contribution in [3.8, 4) is 5.75 Å². The molecular formula is C18H17ClO2. The minimum absolute atomic E-state index is 0.546. The van der Waals surface area contributed by atoms with Gasteiger partial charge in [-0.05, 0) is 59.4 Å². The van der Waals surface area contributed by atoms with Crippen molar-refractivity contribution in [1.82, 2.24) is 0 Å². The molecule has 2 nitrogen and oxygen atoms in total. The third-order valence-corrected chi connectivity index (χ3v) is 4.15. The van der Waals surface area contributed by atoms with Gasteiger partial charge in [-0.1, -0.05) is 35.9 Å². The van der Waals surface area contributed by atoms with E-state index in [0.717, 1.165) is 45.9 Å². The van der Waals surface area contributed by atoms with Crippen molar-refractivity contribution in [2.75, 3.05) is 7.11 Å². The Kier molecular flexibility index (Phi) is 4.00. The van der Waals surface area contributed by atoms with Gasteiger partial charge in [-0.3, -0.25) is 0 Å². The molecule has 1 N–H and O–H groups in total. The van der Waals surface area contributed by atoms with E-state index in [9.17, 15) is 5.11 Å². The molecule has 0 bridgehead atoms. The van der Waals surface area contributed by atoms with Crippen LogP contribution < -0.4 is 4.74 Å². The van der Waals surface area contributed by atoms with Crippen LogP contribution in [0.2, 0.25) is 5.02 Å². The molecule has 1 aliphatic carbocycles. The summed E-state index contributed by atoms with van der Waals surface area (Å²) in [5, 5.41) is 11.3. The van der Waals surface area contributed by atoms with Crippen molar-refractivity contribution in [2.24, 2.45) is 0 Å². The van der Waals surface area contributed by atoms with E-state index in [2.05, 4.69) is 0 Å². The first-order valence-electron chi connectivity index (χ1n) is 6.98. The predicted octanol–water partition coefficient (Wildman–Crippen LogP) is 4.41. The smallest absolute Gasteiger partial charge is 0.119 e. The van der Waals surface area contributed by atoms with E-state index >= 15 is 0 Å². The molecule has 1 unspecified atom stereocenters. The van der Waals surface area contributed by atoms with Crippen LogP contribution in [0.3, 0.4) is 0 Å². The number of aryl methyl sites for hydroxylation is 1. The topological polar surface area (TPSA) is 29.5 Å². The molecule has 1 atom stereocenters. The number of hydrogen-bond donors (Lipinski definition) is 1. The first kappa shape index (κ1) is 14.2. The lowest BCUT2D eigenvalue weighted by Crippen LogP contribution is -2.12. The molecule has 1 aliphatic rings. The molecule has 0 aliphatic heterocycles. The zero-order valence-electron chi connectivity index (χ0n) is 11.8. The summed E-state index contributed by atoms with van der Waals surface area (Å²) in [5.74, 6) is 0.839. The third kappa shape index (κ3) is 2.97. The van der Waals surface area contributed by atoms with Crippen LogP contribution >= 0.6 is 11.6 Å². The lowest BCUT2D eigenvalue weighted by Gasteiger charge is -2.25. The number of halogens is 1. The van der Waals surface area contributed by atoms with E-state index in [0.29, 0.717) is 0 Å². The normalized spacial score (nSPS) is 19.4. The minimum atomic E-state index is -0.546. The van der Waals surface area contributed by atoms with Gasteiger partial charge in [-0.15, -0.1) is 0 Å². The second-order valence-corrected chi connectivity index (χ2v) is 5.67. The Morgan fingerprint density at radius 3 is 2.62 bits per heavy atom.